The van der Waals surface area contributed by atoms with Crippen molar-refractivity contribution in [1.29, 1.82) is 0 Å². The molecule has 0 aromatic heterocycles. The van der Waals surface area contributed by atoms with Gasteiger partial charge in [0.25, 0.3) is 0 Å². The fraction of sp³-hybridized carbons (Fsp3) is 0.708. The van der Waals surface area contributed by atoms with Crippen LogP contribution in [0.2, 0.25) is 0 Å². The average molecular weight is 416 g/mol. The summed E-state index contributed by atoms with van der Waals surface area (Å²) < 4.78 is 5.99. The lowest BCUT2D eigenvalue weighted by atomic mass is 9.85. The maximum Gasteiger partial charge on any atom is 0.419 e. The number of urea groups is 1. The molecule has 30 heavy (non-hydrogen) atoms. The molecule has 0 unspecified atom stereocenters. The predicted octanol–water partition coefficient (Wildman–Crippen LogP) is 2.90. The summed E-state index contributed by atoms with van der Waals surface area (Å²) in [6.45, 7) is 8.14. The number of carbonyl (C=O) groups excluding carboxylic acids is 1. The minimum atomic E-state index is 0.292. The number of hydrogen-bond donors (Lipinski definition) is 1. The van der Waals surface area contributed by atoms with Crippen LogP contribution in [0.4, 0.5) is 10.5 Å². The van der Waals surface area contributed by atoms with E-state index in [9.17, 15) is 4.79 Å². The molecule has 2 aliphatic heterocycles. The van der Waals surface area contributed by atoms with Crippen LogP contribution in [-0.4, -0.2) is 85.4 Å². The van der Waals surface area contributed by atoms with Gasteiger partial charge < -0.3 is 10.5 Å². The van der Waals surface area contributed by atoms with Crippen molar-refractivity contribution in [2.45, 2.75) is 57.5 Å². The lowest BCUT2D eigenvalue weighted by Crippen LogP contribution is -2.63. The summed E-state index contributed by atoms with van der Waals surface area (Å²) in [5.74, 6) is 0. The van der Waals surface area contributed by atoms with Crippen LogP contribution in [0.15, 0.2) is 18.2 Å². The summed E-state index contributed by atoms with van der Waals surface area (Å²) in [5, 5.41) is 0. The fourth-order valence-corrected chi connectivity index (χ4v) is 5.71. The summed E-state index contributed by atoms with van der Waals surface area (Å²) in [6, 6.07) is 7.90. The topological polar surface area (TPSA) is 58.8 Å². The normalized spacial score (nSPS) is 29.6. The Morgan fingerprint density at radius 3 is 2.60 bits per heavy atom. The monoisotopic (exact) mass is 415 g/mol. The number of likely N-dealkylation sites (tertiary alicyclic amines) is 1. The maximum atomic E-state index is 13.2. The molecule has 0 bridgehead atoms. The van der Waals surface area contributed by atoms with Crippen LogP contribution < -0.4 is 5.73 Å². The van der Waals surface area contributed by atoms with Gasteiger partial charge in [0.15, 0.2) is 0 Å². The van der Waals surface area contributed by atoms with Crippen LogP contribution >= 0.6 is 0 Å². The van der Waals surface area contributed by atoms with Crippen molar-refractivity contribution in [3.63, 3.8) is 0 Å². The number of benzene rings is 1. The number of nitrogens with two attached hydrogens (primary N) is 1. The van der Waals surface area contributed by atoms with Crippen molar-refractivity contribution in [2.75, 3.05) is 58.7 Å². The van der Waals surface area contributed by atoms with E-state index >= 15 is 0 Å². The summed E-state index contributed by atoms with van der Waals surface area (Å²) in [6.07, 6.45) is 6.87. The Morgan fingerprint density at radius 1 is 1.17 bits per heavy atom. The van der Waals surface area contributed by atoms with Crippen LogP contribution in [0.25, 0.3) is 0 Å². The second-order valence-corrected chi connectivity index (χ2v) is 9.62. The Morgan fingerprint density at radius 2 is 1.90 bits per heavy atom. The van der Waals surface area contributed by atoms with E-state index in [0.29, 0.717) is 35.8 Å². The van der Waals surface area contributed by atoms with Gasteiger partial charge in [-0.2, -0.15) is 0 Å². The molecule has 6 nitrogen and oxygen atoms in total. The van der Waals surface area contributed by atoms with E-state index in [2.05, 4.69) is 31.0 Å². The van der Waals surface area contributed by atoms with Gasteiger partial charge in [-0.1, -0.05) is 13.0 Å². The molecule has 166 valence electrons. The number of rotatable bonds is 4. The third kappa shape index (κ3) is 4.51. The quantitative estimate of drug-likeness (QED) is 0.607. The minimum absolute atomic E-state index is 0.292. The maximum absolute atomic E-state index is 13.2. The van der Waals surface area contributed by atoms with Crippen LogP contribution in [0.3, 0.4) is 0 Å². The predicted molar refractivity (Wildman–Crippen MR) is 120 cm³/mol. The summed E-state index contributed by atoms with van der Waals surface area (Å²) in [5.41, 5.74) is 9.85. The van der Waals surface area contributed by atoms with Gasteiger partial charge >= 0.3 is 6.03 Å². The number of carbonyl (C=O) groups is 1. The second-order valence-electron chi connectivity index (χ2n) is 9.62. The fourth-order valence-electron chi connectivity index (χ4n) is 5.71. The van der Waals surface area contributed by atoms with Crippen molar-refractivity contribution in [3.8, 4) is 0 Å². The van der Waals surface area contributed by atoms with Gasteiger partial charge in [0.1, 0.15) is 0 Å². The molecular formula is C24H39N4O2+. The SMILES string of the molecule is CCCN(C1CC[N+](C)(C(=O)N2CCOCC2)CC1)[C@@H]1CCc2ccc(N)cc2C1. The summed E-state index contributed by atoms with van der Waals surface area (Å²) >= 11 is 0. The Balaban J connectivity index is 1.40. The van der Waals surface area contributed by atoms with Gasteiger partial charge in [0.2, 0.25) is 0 Å². The highest BCUT2D eigenvalue weighted by atomic mass is 16.5. The zero-order valence-corrected chi connectivity index (χ0v) is 18.8. The number of quaternary nitrogens is 1. The molecule has 2 saturated heterocycles. The van der Waals surface area contributed by atoms with Gasteiger partial charge in [-0.25, -0.2) is 9.28 Å². The lowest BCUT2D eigenvalue weighted by Gasteiger charge is -2.46. The molecule has 4 rings (SSSR count). The highest BCUT2D eigenvalue weighted by Gasteiger charge is 2.42. The molecule has 0 radical (unpaired) electrons. The van der Waals surface area contributed by atoms with Crippen molar-refractivity contribution in [2.24, 2.45) is 0 Å². The highest BCUT2D eigenvalue weighted by molar-refractivity contribution is 5.67. The number of hydrogen-bond acceptors (Lipinski definition) is 4. The van der Waals surface area contributed by atoms with Gasteiger partial charge in [-0.15, -0.1) is 0 Å². The first-order valence-electron chi connectivity index (χ1n) is 11.8. The second kappa shape index (κ2) is 9.25. The lowest BCUT2D eigenvalue weighted by molar-refractivity contribution is -0.840. The number of nitrogens with zero attached hydrogens (tertiary/aromatic N) is 3. The Kier molecular flexibility index (Phi) is 6.66. The average Bonchev–Trinajstić information content (AvgIpc) is 2.78. The van der Waals surface area contributed by atoms with Crippen LogP contribution in [0.5, 0.6) is 0 Å². The van der Waals surface area contributed by atoms with E-state index < -0.39 is 0 Å². The first-order chi connectivity index (χ1) is 14.5. The van der Waals surface area contributed by atoms with Crippen molar-refractivity contribution < 1.29 is 14.0 Å². The van der Waals surface area contributed by atoms with Crippen LogP contribution in [0.1, 0.15) is 43.7 Å². The number of anilines is 1. The number of fused-ring (bicyclic) bond motifs is 1. The van der Waals surface area contributed by atoms with E-state index in [4.69, 9.17) is 10.5 Å². The summed E-state index contributed by atoms with van der Waals surface area (Å²) in [7, 11) is 2.14. The summed E-state index contributed by atoms with van der Waals surface area (Å²) in [4.78, 5) is 17.9. The molecule has 2 N–H and O–H groups in total. The number of morpholine rings is 1. The van der Waals surface area contributed by atoms with E-state index in [-0.39, 0.29) is 0 Å². The third-order valence-electron chi connectivity index (χ3n) is 7.51. The molecule has 1 atom stereocenters. The van der Waals surface area contributed by atoms with Crippen molar-refractivity contribution >= 4 is 11.7 Å². The van der Waals surface area contributed by atoms with Gasteiger partial charge in [0.05, 0.1) is 33.4 Å². The van der Waals surface area contributed by atoms with Crippen molar-refractivity contribution in [3.05, 3.63) is 29.3 Å². The van der Waals surface area contributed by atoms with E-state index in [0.717, 1.165) is 64.1 Å². The molecule has 1 aromatic carbocycles. The first kappa shape index (κ1) is 21.6. The van der Waals surface area contributed by atoms with Crippen molar-refractivity contribution in [1.82, 2.24) is 9.80 Å². The van der Waals surface area contributed by atoms with Crippen LogP contribution in [-0.2, 0) is 17.6 Å². The van der Waals surface area contributed by atoms with E-state index in [1.807, 2.05) is 11.0 Å². The molecule has 2 fully saturated rings. The first-order valence-corrected chi connectivity index (χ1v) is 11.8. The molecule has 0 saturated carbocycles. The number of ether oxygens (including phenoxy) is 1. The van der Waals surface area contributed by atoms with E-state index in [1.54, 1.807) is 0 Å². The molecule has 1 aliphatic carbocycles. The van der Waals surface area contributed by atoms with Crippen LogP contribution in [0, 0.1) is 0 Å². The molecule has 0 spiro atoms. The Bertz CT molecular complexity index is 739. The van der Waals surface area contributed by atoms with Gasteiger partial charge in [0, 0.05) is 43.7 Å². The molecule has 6 heteroatoms. The number of amides is 2. The molecule has 1 aromatic rings. The highest BCUT2D eigenvalue weighted by Crippen LogP contribution is 2.31. The van der Waals surface area contributed by atoms with E-state index in [1.165, 1.54) is 24.0 Å². The zero-order chi connectivity index (χ0) is 21.1. The van der Waals surface area contributed by atoms with Gasteiger partial charge in [-0.3, -0.25) is 9.80 Å². The van der Waals surface area contributed by atoms with Gasteiger partial charge in [-0.05, 0) is 55.5 Å². The standard InChI is InChI=1S/C24H39N4O2/c1-3-10-27(23-7-5-19-4-6-21(25)17-20(19)18-23)22-8-13-28(2,14-9-22)24(29)26-11-15-30-16-12-26/h4,6,17,22-23H,3,5,7-16,18,25H2,1-2H3/q+1/t22?,23-,28?/m1/s1. The Labute approximate surface area is 181 Å². The third-order valence-corrected chi connectivity index (χ3v) is 7.51. The smallest absolute Gasteiger partial charge is 0.399 e. The number of piperidine rings is 1. The molecule has 3 aliphatic rings. The molecular weight excluding hydrogens is 376 g/mol. The molecule has 2 heterocycles. The Hall–Kier alpha value is -1.63. The number of aryl methyl sites for hydroxylation is 1. The molecule has 2 amide bonds. The zero-order valence-electron chi connectivity index (χ0n) is 18.8. The minimum Gasteiger partial charge on any atom is -0.399 e. The number of nitrogen functional groups attached to an aromatic ring is 1. The largest absolute Gasteiger partial charge is 0.419 e.